The van der Waals surface area contributed by atoms with E-state index in [1.165, 1.54) is 34.5 Å². The van der Waals surface area contributed by atoms with Gasteiger partial charge in [0.2, 0.25) is 0 Å². The third-order valence-electron chi connectivity index (χ3n) is 3.63. The average molecular weight is 276 g/mol. The molecule has 104 valence electrons. The third-order valence-corrected chi connectivity index (χ3v) is 4.72. The number of fused-ring (bicyclic) bond motifs is 1. The molecule has 3 heteroatoms. The SMILES string of the molecule is CCCC(CCN)CCc1nc2cc(C)ccc2s1. The molecule has 2 N–H and O–H groups in total. The molecule has 0 aliphatic heterocycles. The summed E-state index contributed by atoms with van der Waals surface area (Å²) in [7, 11) is 0. The molecule has 1 unspecified atom stereocenters. The van der Waals surface area contributed by atoms with Gasteiger partial charge in [-0.25, -0.2) is 4.98 Å². The highest BCUT2D eigenvalue weighted by molar-refractivity contribution is 7.18. The standard InChI is InChI=1S/C16H24N2S/c1-3-4-13(9-10-17)6-8-16-18-14-11-12(2)5-7-15(14)19-16/h5,7,11,13H,3-4,6,8-10,17H2,1-2H3. The van der Waals surface area contributed by atoms with Gasteiger partial charge in [0.25, 0.3) is 0 Å². The second kappa shape index (κ2) is 7.01. The Kier molecular flexibility index (Phi) is 5.34. The lowest BCUT2D eigenvalue weighted by Gasteiger charge is -2.13. The van der Waals surface area contributed by atoms with Gasteiger partial charge in [-0.1, -0.05) is 25.8 Å². The summed E-state index contributed by atoms with van der Waals surface area (Å²) < 4.78 is 1.31. The van der Waals surface area contributed by atoms with E-state index >= 15 is 0 Å². The summed E-state index contributed by atoms with van der Waals surface area (Å²) in [5.41, 5.74) is 8.14. The second-order valence-corrected chi connectivity index (χ2v) is 6.46. The Morgan fingerprint density at radius 1 is 1.26 bits per heavy atom. The topological polar surface area (TPSA) is 38.9 Å². The van der Waals surface area contributed by atoms with Crippen molar-refractivity contribution < 1.29 is 0 Å². The molecule has 1 heterocycles. The van der Waals surface area contributed by atoms with Crippen LogP contribution in [0.4, 0.5) is 0 Å². The largest absolute Gasteiger partial charge is 0.330 e. The number of benzene rings is 1. The van der Waals surface area contributed by atoms with Crippen molar-refractivity contribution >= 4 is 21.6 Å². The van der Waals surface area contributed by atoms with Crippen LogP contribution in [0, 0.1) is 12.8 Å². The van der Waals surface area contributed by atoms with Crippen LogP contribution < -0.4 is 5.73 Å². The van der Waals surface area contributed by atoms with E-state index in [1.54, 1.807) is 0 Å². The number of nitrogens with zero attached hydrogens (tertiary/aromatic N) is 1. The van der Waals surface area contributed by atoms with E-state index in [9.17, 15) is 0 Å². The van der Waals surface area contributed by atoms with Crippen LogP contribution >= 0.6 is 11.3 Å². The summed E-state index contributed by atoms with van der Waals surface area (Å²) in [6, 6.07) is 6.53. The number of hydrogen-bond acceptors (Lipinski definition) is 3. The van der Waals surface area contributed by atoms with Crippen LogP contribution in [-0.4, -0.2) is 11.5 Å². The highest BCUT2D eigenvalue weighted by Crippen LogP contribution is 2.26. The molecular weight excluding hydrogens is 252 g/mol. The molecular formula is C16H24N2S. The fourth-order valence-corrected chi connectivity index (χ4v) is 3.56. The first kappa shape index (κ1) is 14.5. The van der Waals surface area contributed by atoms with E-state index < -0.39 is 0 Å². The third kappa shape index (κ3) is 4.02. The Balaban J connectivity index is 2.00. The maximum atomic E-state index is 5.69. The lowest BCUT2D eigenvalue weighted by molar-refractivity contribution is 0.421. The molecule has 0 aliphatic carbocycles. The quantitative estimate of drug-likeness (QED) is 0.818. The van der Waals surface area contributed by atoms with Gasteiger partial charge in [0.1, 0.15) is 0 Å². The van der Waals surface area contributed by atoms with Crippen LogP contribution in [0.15, 0.2) is 18.2 Å². The van der Waals surface area contributed by atoms with Crippen LogP contribution in [0.5, 0.6) is 0 Å². The first-order valence-corrected chi connectivity index (χ1v) is 8.10. The Bertz CT molecular complexity index is 512. The molecule has 0 fully saturated rings. The number of rotatable bonds is 7. The van der Waals surface area contributed by atoms with Crippen molar-refractivity contribution in [3.05, 3.63) is 28.8 Å². The van der Waals surface area contributed by atoms with E-state index in [-0.39, 0.29) is 0 Å². The van der Waals surface area contributed by atoms with Gasteiger partial charge in [0.15, 0.2) is 0 Å². The van der Waals surface area contributed by atoms with Crippen molar-refractivity contribution in [3.63, 3.8) is 0 Å². The first-order chi connectivity index (χ1) is 9.22. The molecule has 19 heavy (non-hydrogen) atoms. The molecule has 0 radical (unpaired) electrons. The van der Waals surface area contributed by atoms with Crippen molar-refractivity contribution in [3.8, 4) is 0 Å². The van der Waals surface area contributed by atoms with Crippen LogP contribution in [-0.2, 0) is 6.42 Å². The predicted molar refractivity (Wildman–Crippen MR) is 84.7 cm³/mol. The Labute approximate surface area is 120 Å². The molecule has 0 saturated heterocycles. The summed E-state index contributed by atoms with van der Waals surface area (Å²) in [6.07, 6.45) is 6.02. The molecule has 0 spiro atoms. The van der Waals surface area contributed by atoms with Gasteiger partial charge in [0.05, 0.1) is 15.2 Å². The second-order valence-electron chi connectivity index (χ2n) is 5.35. The van der Waals surface area contributed by atoms with Crippen LogP contribution in [0.2, 0.25) is 0 Å². The van der Waals surface area contributed by atoms with Crippen LogP contribution in [0.1, 0.15) is 43.2 Å². The summed E-state index contributed by atoms with van der Waals surface area (Å²) in [6.45, 7) is 5.19. The number of nitrogens with two attached hydrogens (primary N) is 1. The average Bonchev–Trinajstić information content (AvgIpc) is 2.78. The normalized spacial score (nSPS) is 13.0. The molecule has 0 saturated carbocycles. The van der Waals surface area contributed by atoms with E-state index in [2.05, 4.69) is 32.0 Å². The minimum atomic E-state index is 0.767. The summed E-state index contributed by atoms with van der Waals surface area (Å²) in [4.78, 5) is 4.75. The maximum Gasteiger partial charge on any atom is 0.0938 e. The zero-order valence-corrected chi connectivity index (χ0v) is 12.8. The molecule has 1 aromatic heterocycles. The fourth-order valence-electron chi connectivity index (χ4n) is 2.60. The Hall–Kier alpha value is -0.930. The van der Waals surface area contributed by atoms with Crippen molar-refractivity contribution in [1.29, 1.82) is 0 Å². The van der Waals surface area contributed by atoms with Crippen LogP contribution in [0.25, 0.3) is 10.2 Å². The molecule has 2 aromatic rings. The monoisotopic (exact) mass is 276 g/mol. The molecule has 2 nitrogen and oxygen atoms in total. The smallest absolute Gasteiger partial charge is 0.0938 e. The van der Waals surface area contributed by atoms with Gasteiger partial charge in [-0.3, -0.25) is 0 Å². The lowest BCUT2D eigenvalue weighted by atomic mass is 9.95. The Morgan fingerprint density at radius 3 is 2.84 bits per heavy atom. The molecule has 2 rings (SSSR count). The molecule has 1 aromatic carbocycles. The van der Waals surface area contributed by atoms with Gasteiger partial charge in [0, 0.05) is 0 Å². The number of thiazole rings is 1. The lowest BCUT2D eigenvalue weighted by Crippen LogP contribution is -2.09. The minimum absolute atomic E-state index is 0.767. The van der Waals surface area contributed by atoms with Crippen molar-refractivity contribution in [2.24, 2.45) is 11.7 Å². The van der Waals surface area contributed by atoms with E-state index in [1.807, 2.05) is 11.3 Å². The zero-order valence-electron chi connectivity index (χ0n) is 12.0. The summed E-state index contributed by atoms with van der Waals surface area (Å²) >= 11 is 1.84. The fraction of sp³-hybridized carbons (Fsp3) is 0.562. The Morgan fingerprint density at radius 2 is 2.11 bits per heavy atom. The van der Waals surface area contributed by atoms with E-state index in [0.29, 0.717) is 0 Å². The molecule has 0 amide bonds. The van der Waals surface area contributed by atoms with E-state index in [4.69, 9.17) is 10.7 Å². The highest BCUT2D eigenvalue weighted by Gasteiger charge is 2.10. The number of aryl methyl sites for hydroxylation is 2. The maximum absolute atomic E-state index is 5.69. The van der Waals surface area contributed by atoms with Gasteiger partial charge in [-0.2, -0.15) is 0 Å². The van der Waals surface area contributed by atoms with Crippen molar-refractivity contribution in [1.82, 2.24) is 4.98 Å². The van der Waals surface area contributed by atoms with Gasteiger partial charge < -0.3 is 5.73 Å². The molecule has 0 bridgehead atoms. The number of aromatic nitrogens is 1. The highest BCUT2D eigenvalue weighted by atomic mass is 32.1. The van der Waals surface area contributed by atoms with Crippen molar-refractivity contribution in [2.75, 3.05) is 6.54 Å². The van der Waals surface area contributed by atoms with Gasteiger partial charge in [-0.15, -0.1) is 11.3 Å². The minimum Gasteiger partial charge on any atom is -0.330 e. The van der Waals surface area contributed by atoms with Crippen molar-refractivity contribution in [2.45, 2.75) is 46.0 Å². The van der Waals surface area contributed by atoms with Gasteiger partial charge in [-0.05, 0) is 56.3 Å². The predicted octanol–water partition coefficient (Wildman–Crippen LogP) is 4.30. The summed E-state index contributed by atoms with van der Waals surface area (Å²) in [5.74, 6) is 0.767. The van der Waals surface area contributed by atoms with Crippen LogP contribution in [0.3, 0.4) is 0 Å². The number of hydrogen-bond donors (Lipinski definition) is 1. The first-order valence-electron chi connectivity index (χ1n) is 7.29. The zero-order chi connectivity index (χ0) is 13.7. The summed E-state index contributed by atoms with van der Waals surface area (Å²) in [5, 5.41) is 1.28. The molecule has 1 atom stereocenters. The van der Waals surface area contributed by atoms with Gasteiger partial charge >= 0.3 is 0 Å². The van der Waals surface area contributed by atoms with E-state index in [0.717, 1.165) is 30.8 Å². The molecule has 0 aliphatic rings.